The zero-order valence-corrected chi connectivity index (χ0v) is 59.1. The van der Waals surface area contributed by atoms with Crippen molar-refractivity contribution >= 4 is 39.5 Å². The molecule has 0 radical (unpaired) electrons. The zero-order chi connectivity index (χ0) is 65.4. The fourth-order valence-corrected chi connectivity index (χ4v) is 11.8. The van der Waals surface area contributed by atoms with Crippen molar-refractivity contribution in [3.05, 3.63) is 0 Å². The molecule has 0 amide bonds. The molecule has 4 unspecified atom stereocenters. The molecule has 17 nitrogen and oxygen atoms in total. The smallest absolute Gasteiger partial charge is 0.462 e. The number of esters is 4. The van der Waals surface area contributed by atoms with Gasteiger partial charge in [0.05, 0.1) is 26.4 Å². The summed E-state index contributed by atoms with van der Waals surface area (Å²) in [6.07, 6.45) is 40.4. The summed E-state index contributed by atoms with van der Waals surface area (Å²) in [7, 11) is -9.90. The number of aliphatic hydroxyl groups is 1. The summed E-state index contributed by atoms with van der Waals surface area (Å²) in [6.45, 7) is 14.0. The first-order valence-electron chi connectivity index (χ1n) is 35.8. The highest BCUT2D eigenvalue weighted by molar-refractivity contribution is 7.47. The monoisotopic (exact) mass is 1300 g/mol. The van der Waals surface area contributed by atoms with Crippen LogP contribution in [0.4, 0.5) is 0 Å². The Balaban J connectivity index is 5.25. The lowest BCUT2D eigenvalue weighted by molar-refractivity contribution is -0.161. The fraction of sp³-hybridized carbons (Fsp3) is 0.942. The lowest BCUT2D eigenvalue weighted by Gasteiger charge is -2.21. The van der Waals surface area contributed by atoms with Crippen LogP contribution in [0.15, 0.2) is 0 Å². The number of rotatable bonds is 66. The van der Waals surface area contributed by atoms with Gasteiger partial charge in [-0.2, -0.15) is 0 Å². The van der Waals surface area contributed by atoms with E-state index in [1.54, 1.807) is 0 Å². The molecule has 0 spiro atoms. The van der Waals surface area contributed by atoms with E-state index >= 15 is 0 Å². The Morgan fingerprint density at radius 2 is 0.545 bits per heavy atom. The topological polar surface area (TPSA) is 237 Å². The van der Waals surface area contributed by atoms with Crippen molar-refractivity contribution in [3.63, 3.8) is 0 Å². The Bertz CT molecular complexity index is 1750. The quantitative estimate of drug-likeness (QED) is 0.0222. The van der Waals surface area contributed by atoms with E-state index in [4.69, 9.17) is 37.0 Å². The third-order valence-electron chi connectivity index (χ3n) is 16.5. The molecular weight excluding hydrogens is 1160 g/mol. The van der Waals surface area contributed by atoms with Crippen LogP contribution in [0.25, 0.3) is 0 Å². The second-order valence-electron chi connectivity index (χ2n) is 26.4. The third kappa shape index (κ3) is 60.3. The first-order valence-corrected chi connectivity index (χ1v) is 38.8. The van der Waals surface area contributed by atoms with Crippen molar-refractivity contribution in [1.82, 2.24) is 0 Å². The van der Waals surface area contributed by atoms with E-state index < -0.39 is 97.5 Å². The molecule has 0 aliphatic rings. The minimum absolute atomic E-state index is 0.101. The predicted octanol–water partition coefficient (Wildman–Crippen LogP) is 19.3. The van der Waals surface area contributed by atoms with Crippen LogP contribution in [0.3, 0.4) is 0 Å². The number of aliphatic hydroxyl groups excluding tert-OH is 1. The summed E-state index contributed by atoms with van der Waals surface area (Å²) in [6, 6.07) is 0. The maximum atomic E-state index is 13.0. The normalized spacial score (nSPS) is 14.9. The molecule has 0 saturated carbocycles. The molecule has 0 saturated heterocycles. The number of phosphoric acid groups is 2. The van der Waals surface area contributed by atoms with Crippen LogP contribution in [-0.2, 0) is 65.4 Å². The van der Waals surface area contributed by atoms with Gasteiger partial charge in [0.15, 0.2) is 12.2 Å². The van der Waals surface area contributed by atoms with E-state index in [1.165, 1.54) is 135 Å². The number of carbonyl (C=O) groups excluding carboxylic acids is 4. The Kier molecular flexibility index (Phi) is 57.6. The molecule has 0 fully saturated rings. The van der Waals surface area contributed by atoms with Gasteiger partial charge in [-0.1, -0.05) is 287 Å². The summed E-state index contributed by atoms with van der Waals surface area (Å²) >= 11 is 0. The minimum atomic E-state index is -4.95. The van der Waals surface area contributed by atoms with E-state index in [9.17, 15) is 43.2 Å². The summed E-state index contributed by atoms with van der Waals surface area (Å²) in [5, 5.41) is 10.6. The highest BCUT2D eigenvalue weighted by Gasteiger charge is 2.30. The van der Waals surface area contributed by atoms with Crippen LogP contribution in [-0.4, -0.2) is 96.7 Å². The van der Waals surface area contributed by atoms with E-state index in [2.05, 4.69) is 55.4 Å². The van der Waals surface area contributed by atoms with E-state index in [0.29, 0.717) is 31.6 Å². The predicted molar refractivity (Wildman–Crippen MR) is 354 cm³/mol. The Morgan fingerprint density at radius 1 is 0.318 bits per heavy atom. The molecule has 88 heavy (non-hydrogen) atoms. The molecule has 0 aliphatic carbocycles. The highest BCUT2D eigenvalue weighted by Crippen LogP contribution is 2.45. The van der Waals surface area contributed by atoms with Gasteiger partial charge in [0.2, 0.25) is 0 Å². The van der Waals surface area contributed by atoms with Crippen LogP contribution in [0.5, 0.6) is 0 Å². The maximum absolute atomic E-state index is 13.0. The molecule has 19 heteroatoms. The number of carbonyl (C=O) groups is 4. The van der Waals surface area contributed by atoms with Gasteiger partial charge in [-0.05, 0) is 49.4 Å². The molecule has 3 N–H and O–H groups in total. The van der Waals surface area contributed by atoms with Gasteiger partial charge in [-0.3, -0.25) is 37.3 Å². The Labute approximate surface area is 537 Å². The summed E-state index contributed by atoms with van der Waals surface area (Å²) < 4.78 is 68.2. The lowest BCUT2D eigenvalue weighted by atomic mass is 9.99. The average molecular weight is 1300 g/mol. The first-order chi connectivity index (χ1) is 42.2. The van der Waals surface area contributed by atoms with Crippen LogP contribution < -0.4 is 0 Å². The van der Waals surface area contributed by atoms with Crippen LogP contribution >= 0.6 is 15.6 Å². The first kappa shape index (κ1) is 86.1. The molecule has 0 bridgehead atoms. The molecule has 0 aromatic rings. The highest BCUT2D eigenvalue weighted by atomic mass is 31.2. The molecule has 0 aromatic carbocycles. The lowest BCUT2D eigenvalue weighted by Crippen LogP contribution is -2.30. The van der Waals surface area contributed by atoms with E-state index in [-0.39, 0.29) is 25.7 Å². The molecule has 0 heterocycles. The number of phosphoric ester groups is 2. The van der Waals surface area contributed by atoms with Gasteiger partial charge < -0.3 is 33.8 Å². The van der Waals surface area contributed by atoms with Crippen LogP contribution in [0, 0.1) is 23.7 Å². The van der Waals surface area contributed by atoms with E-state index in [1.807, 2.05) is 0 Å². The largest absolute Gasteiger partial charge is 0.472 e. The number of ether oxygens (including phenoxy) is 4. The van der Waals surface area contributed by atoms with Crippen molar-refractivity contribution in [1.29, 1.82) is 0 Å². The molecule has 7 atom stereocenters. The van der Waals surface area contributed by atoms with Gasteiger partial charge in [0.25, 0.3) is 0 Å². The van der Waals surface area contributed by atoms with Gasteiger partial charge in [0.1, 0.15) is 19.3 Å². The van der Waals surface area contributed by atoms with Crippen molar-refractivity contribution < 1.29 is 80.2 Å². The molecule has 522 valence electrons. The number of hydrogen-bond donors (Lipinski definition) is 3. The summed E-state index contributed by atoms with van der Waals surface area (Å²) in [5.74, 6) is 0.849. The second kappa shape index (κ2) is 58.8. The SMILES string of the molecule is CCC(C)CCCCCCCCCCCCC(=O)O[C@H](COC(=O)CCCCCCCCCCCCCCC(C)C)COP(=O)(O)OC[C@@H](O)COP(=O)(O)OC[C@@H](COC(=O)CCCCCCCCC(C)CC)OC(=O)CCCCCCCCC(C)C. The van der Waals surface area contributed by atoms with Crippen molar-refractivity contribution in [2.24, 2.45) is 23.7 Å². The maximum Gasteiger partial charge on any atom is 0.472 e. The average Bonchev–Trinajstić information content (AvgIpc) is 3.31. The molecule has 0 aliphatic heterocycles. The zero-order valence-electron chi connectivity index (χ0n) is 57.3. The van der Waals surface area contributed by atoms with Crippen molar-refractivity contribution in [2.45, 2.75) is 356 Å². The van der Waals surface area contributed by atoms with Gasteiger partial charge in [-0.15, -0.1) is 0 Å². The number of unbranched alkanes of at least 4 members (excludes halogenated alkanes) is 30. The van der Waals surface area contributed by atoms with Crippen LogP contribution in [0.1, 0.15) is 338 Å². The molecule has 0 aromatic heterocycles. The number of hydrogen-bond acceptors (Lipinski definition) is 15. The second-order valence-corrected chi connectivity index (χ2v) is 29.3. The van der Waals surface area contributed by atoms with Gasteiger partial charge in [0, 0.05) is 25.7 Å². The fourth-order valence-electron chi connectivity index (χ4n) is 10.2. The Morgan fingerprint density at radius 3 is 0.807 bits per heavy atom. The summed E-state index contributed by atoms with van der Waals surface area (Å²) in [5.41, 5.74) is 0. The van der Waals surface area contributed by atoms with E-state index in [0.717, 1.165) is 114 Å². The standard InChI is InChI=1S/C69H134O17P2/c1-9-61(7)47-39-31-22-18-15-16-20-24-35-43-51-68(73)85-64(55-79-66(71)49-41-33-23-19-14-12-11-13-17-21-29-37-45-59(3)4)57-83-87(75,76)81-53-63(70)54-82-88(77,78)84-58-65(86-69(74)52-44-36-27-25-30-38-46-60(5)6)56-80-67(72)50-42-34-28-26-32-40-48-62(8)10-2/h59-65,70H,9-58H2,1-8H3,(H,75,76)(H,77,78)/t61?,62?,63-,64-,65-/m1/s1. The minimum Gasteiger partial charge on any atom is -0.462 e. The Hall–Kier alpha value is -1.94. The van der Waals surface area contributed by atoms with Crippen molar-refractivity contribution in [2.75, 3.05) is 39.6 Å². The van der Waals surface area contributed by atoms with Gasteiger partial charge >= 0.3 is 39.5 Å². The summed E-state index contributed by atoms with van der Waals surface area (Å²) in [4.78, 5) is 72.4. The molecular formula is C69H134O17P2. The third-order valence-corrected chi connectivity index (χ3v) is 18.4. The molecule has 0 rings (SSSR count). The van der Waals surface area contributed by atoms with Crippen molar-refractivity contribution in [3.8, 4) is 0 Å². The van der Waals surface area contributed by atoms with Crippen LogP contribution in [0.2, 0.25) is 0 Å². The van der Waals surface area contributed by atoms with Gasteiger partial charge in [-0.25, -0.2) is 9.13 Å².